The third-order valence-corrected chi connectivity index (χ3v) is 6.06. The summed E-state index contributed by atoms with van der Waals surface area (Å²) in [7, 11) is -0.825. The highest BCUT2D eigenvalue weighted by Crippen LogP contribution is 2.28. The quantitative estimate of drug-likeness (QED) is 0.659. The van der Waals surface area contributed by atoms with Crippen molar-refractivity contribution in [3.63, 3.8) is 0 Å². The van der Waals surface area contributed by atoms with Crippen LogP contribution >= 0.6 is 15.9 Å². The van der Waals surface area contributed by atoms with Gasteiger partial charge in [0, 0.05) is 25.0 Å². The van der Waals surface area contributed by atoms with E-state index in [-0.39, 0.29) is 24.0 Å². The van der Waals surface area contributed by atoms with E-state index in [0.717, 1.165) is 4.47 Å². The molecule has 1 N–H and O–H groups in total. The number of ether oxygens (including phenoxy) is 2. The minimum atomic E-state index is -3.74. The van der Waals surface area contributed by atoms with E-state index in [2.05, 4.69) is 21.2 Å². The smallest absolute Gasteiger partial charge is 0.243 e. The number of anilines is 1. The Balaban J connectivity index is 2.09. The van der Waals surface area contributed by atoms with Crippen LogP contribution < -0.4 is 14.8 Å². The maximum Gasteiger partial charge on any atom is 0.243 e. The number of benzene rings is 2. The Morgan fingerprint density at radius 3 is 2.44 bits per heavy atom. The van der Waals surface area contributed by atoms with Crippen LogP contribution in [0.1, 0.15) is 6.92 Å². The lowest BCUT2D eigenvalue weighted by Gasteiger charge is -2.19. The fraction of sp³-hybridized carbons (Fsp3) is 0.278. The number of nitrogens with zero attached hydrogens (tertiary/aromatic N) is 1. The monoisotopic (exact) mass is 456 g/mol. The molecule has 0 aliphatic carbocycles. The molecule has 0 spiro atoms. The summed E-state index contributed by atoms with van der Waals surface area (Å²) >= 11 is 3.34. The molecule has 2 aromatic carbocycles. The van der Waals surface area contributed by atoms with Gasteiger partial charge in [-0.05, 0) is 42.5 Å². The van der Waals surface area contributed by atoms with Gasteiger partial charge in [0.05, 0.1) is 17.7 Å². The topological polar surface area (TPSA) is 84.9 Å². The van der Waals surface area contributed by atoms with Crippen molar-refractivity contribution in [2.24, 2.45) is 0 Å². The SMILES string of the molecule is COc1ccc(S(=O)(=O)N(C)CCOc2ccc(Br)cc2)cc1NC(C)=O. The zero-order chi connectivity index (χ0) is 20.0. The van der Waals surface area contributed by atoms with Gasteiger partial charge < -0.3 is 14.8 Å². The van der Waals surface area contributed by atoms with Crippen LogP contribution in [0.2, 0.25) is 0 Å². The maximum absolute atomic E-state index is 12.8. The average Bonchev–Trinajstić information content (AvgIpc) is 2.62. The van der Waals surface area contributed by atoms with Crippen LogP contribution in [0.3, 0.4) is 0 Å². The van der Waals surface area contributed by atoms with Crippen molar-refractivity contribution in [1.29, 1.82) is 0 Å². The van der Waals surface area contributed by atoms with Crippen molar-refractivity contribution in [2.45, 2.75) is 11.8 Å². The summed E-state index contributed by atoms with van der Waals surface area (Å²) in [6, 6.07) is 11.6. The van der Waals surface area contributed by atoms with Crippen molar-refractivity contribution < 1.29 is 22.7 Å². The molecule has 0 saturated carbocycles. The molecule has 0 aromatic heterocycles. The third-order valence-electron chi connectivity index (χ3n) is 3.68. The summed E-state index contributed by atoms with van der Waals surface area (Å²) in [6.45, 7) is 1.71. The Labute approximate surface area is 167 Å². The molecular weight excluding hydrogens is 436 g/mol. The fourth-order valence-corrected chi connectivity index (χ4v) is 3.70. The number of sulfonamides is 1. The Morgan fingerprint density at radius 1 is 1.19 bits per heavy atom. The first-order valence-corrected chi connectivity index (χ1v) is 10.3. The number of nitrogens with one attached hydrogen (secondary N) is 1. The largest absolute Gasteiger partial charge is 0.495 e. The van der Waals surface area contributed by atoms with Gasteiger partial charge >= 0.3 is 0 Å². The van der Waals surface area contributed by atoms with Gasteiger partial charge in [0.25, 0.3) is 0 Å². The van der Waals surface area contributed by atoms with Gasteiger partial charge in [0.1, 0.15) is 18.1 Å². The van der Waals surface area contributed by atoms with Crippen LogP contribution in [-0.4, -0.2) is 45.9 Å². The number of hydrogen-bond acceptors (Lipinski definition) is 5. The summed E-state index contributed by atoms with van der Waals surface area (Å²) in [6.07, 6.45) is 0. The lowest BCUT2D eigenvalue weighted by molar-refractivity contribution is -0.114. The molecular formula is C18H21BrN2O5S. The molecule has 0 aliphatic heterocycles. The average molecular weight is 457 g/mol. The van der Waals surface area contributed by atoms with Crippen LogP contribution in [0.15, 0.2) is 51.8 Å². The highest BCUT2D eigenvalue weighted by Gasteiger charge is 2.22. The van der Waals surface area contributed by atoms with E-state index in [9.17, 15) is 13.2 Å². The predicted molar refractivity (Wildman–Crippen MR) is 107 cm³/mol. The maximum atomic E-state index is 12.8. The number of rotatable bonds is 8. The number of amides is 1. The fourth-order valence-electron chi connectivity index (χ4n) is 2.26. The molecule has 0 aliphatic rings. The van der Waals surface area contributed by atoms with Crippen LogP contribution in [0.25, 0.3) is 0 Å². The van der Waals surface area contributed by atoms with Crippen molar-refractivity contribution in [3.8, 4) is 11.5 Å². The minimum Gasteiger partial charge on any atom is -0.495 e. The molecule has 0 saturated heterocycles. The Bertz CT molecular complexity index is 900. The van der Waals surface area contributed by atoms with E-state index < -0.39 is 10.0 Å². The molecule has 0 fully saturated rings. The molecule has 1 amide bonds. The highest BCUT2D eigenvalue weighted by molar-refractivity contribution is 9.10. The molecule has 146 valence electrons. The first-order valence-electron chi connectivity index (χ1n) is 8.04. The Kier molecular flexibility index (Phi) is 7.23. The van der Waals surface area contributed by atoms with E-state index in [1.54, 1.807) is 12.1 Å². The van der Waals surface area contributed by atoms with E-state index in [1.165, 1.54) is 43.6 Å². The number of carbonyl (C=O) groups excluding carboxylic acids is 1. The third kappa shape index (κ3) is 5.69. The zero-order valence-electron chi connectivity index (χ0n) is 15.2. The lowest BCUT2D eigenvalue weighted by atomic mass is 10.3. The highest BCUT2D eigenvalue weighted by atomic mass is 79.9. The molecule has 0 atom stereocenters. The molecule has 0 heterocycles. The summed E-state index contributed by atoms with van der Waals surface area (Å²) in [5.41, 5.74) is 0.297. The standard InChI is InChI=1S/C18H21BrN2O5S/c1-13(22)20-17-12-16(8-9-18(17)25-3)27(23,24)21(2)10-11-26-15-6-4-14(19)5-7-15/h4-9,12H,10-11H2,1-3H3,(H,20,22). The van der Waals surface area contributed by atoms with Crippen LogP contribution in [-0.2, 0) is 14.8 Å². The normalized spacial score (nSPS) is 11.3. The molecule has 0 radical (unpaired) electrons. The van der Waals surface area contributed by atoms with Gasteiger partial charge in [-0.25, -0.2) is 8.42 Å². The molecule has 0 bridgehead atoms. The van der Waals surface area contributed by atoms with E-state index in [4.69, 9.17) is 9.47 Å². The van der Waals surface area contributed by atoms with Crippen LogP contribution in [0, 0.1) is 0 Å². The second-order valence-corrected chi connectivity index (χ2v) is 8.63. The summed E-state index contributed by atoms with van der Waals surface area (Å²) < 4.78 is 38.4. The Hall–Kier alpha value is -2.10. The van der Waals surface area contributed by atoms with Gasteiger partial charge in [0.15, 0.2) is 0 Å². The molecule has 0 unspecified atom stereocenters. The molecule has 7 nitrogen and oxygen atoms in total. The van der Waals surface area contributed by atoms with Crippen molar-refractivity contribution in [3.05, 3.63) is 46.9 Å². The molecule has 2 aromatic rings. The summed E-state index contributed by atoms with van der Waals surface area (Å²) in [5.74, 6) is 0.714. The first-order chi connectivity index (χ1) is 12.7. The van der Waals surface area contributed by atoms with E-state index in [0.29, 0.717) is 17.2 Å². The van der Waals surface area contributed by atoms with E-state index >= 15 is 0 Å². The van der Waals surface area contributed by atoms with Crippen LogP contribution in [0.5, 0.6) is 11.5 Å². The van der Waals surface area contributed by atoms with Gasteiger partial charge in [0.2, 0.25) is 15.9 Å². The molecule has 9 heteroatoms. The second-order valence-electron chi connectivity index (χ2n) is 5.67. The number of halogens is 1. The number of carbonyl (C=O) groups is 1. The van der Waals surface area contributed by atoms with Gasteiger partial charge in [-0.2, -0.15) is 4.31 Å². The Morgan fingerprint density at radius 2 is 1.85 bits per heavy atom. The minimum absolute atomic E-state index is 0.0539. The second kappa shape index (κ2) is 9.20. The molecule has 27 heavy (non-hydrogen) atoms. The molecule has 2 rings (SSSR count). The van der Waals surface area contributed by atoms with Gasteiger partial charge in [-0.1, -0.05) is 15.9 Å². The lowest BCUT2D eigenvalue weighted by Crippen LogP contribution is -2.31. The van der Waals surface area contributed by atoms with Crippen molar-refractivity contribution >= 4 is 37.5 Å². The van der Waals surface area contributed by atoms with Crippen LogP contribution in [0.4, 0.5) is 5.69 Å². The van der Waals surface area contributed by atoms with Gasteiger partial charge in [-0.15, -0.1) is 0 Å². The van der Waals surface area contributed by atoms with Crippen molar-refractivity contribution in [2.75, 3.05) is 32.6 Å². The zero-order valence-corrected chi connectivity index (χ0v) is 17.6. The summed E-state index contributed by atoms with van der Waals surface area (Å²) in [4.78, 5) is 11.4. The van der Waals surface area contributed by atoms with Gasteiger partial charge in [-0.3, -0.25) is 4.79 Å². The summed E-state index contributed by atoms with van der Waals surface area (Å²) in [5, 5.41) is 2.57. The number of likely N-dealkylation sites (N-methyl/N-ethyl adjacent to an activating group) is 1. The predicted octanol–water partition coefficient (Wildman–Crippen LogP) is 3.12. The number of methoxy groups -OCH3 is 1. The first kappa shape index (κ1) is 21.2. The van der Waals surface area contributed by atoms with Crippen molar-refractivity contribution in [1.82, 2.24) is 4.31 Å². The van der Waals surface area contributed by atoms with E-state index in [1.807, 2.05) is 12.1 Å². The number of hydrogen-bond donors (Lipinski definition) is 1.